The Balaban J connectivity index is 1.81. The predicted octanol–water partition coefficient (Wildman–Crippen LogP) is 3.41. The minimum Gasteiger partial charge on any atom is -0.496 e. The van der Waals surface area contributed by atoms with Crippen LogP contribution in [0.2, 0.25) is 0 Å². The summed E-state index contributed by atoms with van der Waals surface area (Å²) < 4.78 is 18.2. The van der Waals surface area contributed by atoms with Crippen LogP contribution in [0.5, 0.6) is 5.75 Å². The van der Waals surface area contributed by atoms with E-state index < -0.39 is 10.8 Å². The molecule has 0 radical (unpaired) electrons. The Labute approximate surface area is 141 Å². The van der Waals surface area contributed by atoms with Gasteiger partial charge in [-0.15, -0.1) is 0 Å². The van der Waals surface area contributed by atoms with Gasteiger partial charge in [0.1, 0.15) is 17.3 Å². The van der Waals surface area contributed by atoms with E-state index in [1.165, 1.54) is 37.4 Å². The van der Waals surface area contributed by atoms with Crippen molar-refractivity contribution in [3.05, 3.63) is 64.1 Å². The molecule has 128 valence electrons. The average molecular weight is 343 g/mol. The number of H-pyrrole nitrogens is 1. The zero-order valence-electron chi connectivity index (χ0n) is 13.2. The third-order valence-electron chi connectivity index (χ3n) is 3.76. The van der Waals surface area contributed by atoms with Crippen LogP contribution in [-0.4, -0.2) is 22.9 Å². The molecule has 1 amide bonds. The number of amides is 1. The molecular weight excluding hydrogens is 329 g/mol. The molecule has 2 aromatic carbocycles. The molecule has 0 spiro atoms. The van der Waals surface area contributed by atoms with Gasteiger partial charge in [-0.2, -0.15) is 0 Å². The molecule has 0 atom stereocenters. The number of hydrogen-bond donors (Lipinski definition) is 2. The lowest BCUT2D eigenvalue weighted by molar-refractivity contribution is -0.384. The SMILES string of the molecule is COc1ccc(NC(=O)Cc2c[nH]c3cc(F)ccc23)c([N+](=O)[O-])c1. The summed E-state index contributed by atoms with van der Waals surface area (Å²) in [7, 11) is 1.40. The first-order chi connectivity index (χ1) is 12.0. The van der Waals surface area contributed by atoms with Crippen molar-refractivity contribution in [2.24, 2.45) is 0 Å². The van der Waals surface area contributed by atoms with Gasteiger partial charge in [-0.3, -0.25) is 14.9 Å². The van der Waals surface area contributed by atoms with Crippen LogP contribution in [0.3, 0.4) is 0 Å². The molecular formula is C17H14FN3O4. The van der Waals surface area contributed by atoms with Gasteiger partial charge in [-0.1, -0.05) is 0 Å². The number of carbonyl (C=O) groups excluding carboxylic acids is 1. The van der Waals surface area contributed by atoms with Crippen molar-refractivity contribution < 1.29 is 18.8 Å². The average Bonchev–Trinajstić information content (AvgIpc) is 2.96. The number of ether oxygens (including phenoxy) is 1. The second-order valence-electron chi connectivity index (χ2n) is 5.37. The van der Waals surface area contributed by atoms with Gasteiger partial charge in [-0.25, -0.2) is 4.39 Å². The molecule has 2 N–H and O–H groups in total. The summed E-state index contributed by atoms with van der Waals surface area (Å²) in [5.74, 6) is -0.471. The highest BCUT2D eigenvalue weighted by molar-refractivity contribution is 5.97. The van der Waals surface area contributed by atoms with Gasteiger partial charge in [0, 0.05) is 17.1 Å². The fourth-order valence-electron chi connectivity index (χ4n) is 2.57. The van der Waals surface area contributed by atoms with E-state index in [-0.39, 0.29) is 23.6 Å². The van der Waals surface area contributed by atoms with Gasteiger partial charge in [0.2, 0.25) is 5.91 Å². The van der Waals surface area contributed by atoms with Crippen molar-refractivity contribution in [1.82, 2.24) is 4.98 Å². The predicted molar refractivity (Wildman–Crippen MR) is 90.2 cm³/mol. The number of aromatic nitrogens is 1. The number of nitrogens with one attached hydrogen (secondary N) is 2. The summed E-state index contributed by atoms with van der Waals surface area (Å²) in [5, 5.41) is 14.4. The van der Waals surface area contributed by atoms with Crippen LogP contribution in [-0.2, 0) is 11.2 Å². The van der Waals surface area contributed by atoms with E-state index in [2.05, 4.69) is 10.3 Å². The Morgan fingerprint density at radius 3 is 2.84 bits per heavy atom. The van der Waals surface area contributed by atoms with Crippen molar-refractivity contribution in [1.29, 1.82) is 0 Å². The number of halogens is 1. The Bertz CT molecular complexity index is 968. The molecule has 3 rings (SSSR count). The van der Waals surface area contributed by atoms with Crippen molar-refractivity contribution in [3.8, 4) is 5.75 Å². The van der Waals surface area contributed by atoms with Crippen LogP contribution >= 0.6 is 0 Å². The molecule has 1 aromatic heterocycles. The number of anilines is 1. The number of carbonyl (C=O) groups is 1. The molecule has 0 aliphatic rings. The molecule has 0 unspecified atom stereocenters. The van der Waals surface area contributed by atoms with Crippen LogP contribution in [0.15, 0.2) is 42.6 Å². The minimum atomic E-state index is -0.591. The normalized spacial score (nSPS) is 10.6. The van der Waals surface area contributed by atoms with Crippen molar-refractivity contribution in [2.75, 3.05) is 12.4 Å². The molecule has 0 saturated heterocycles. The van der Waals surface area contributed by atoms with Gasteiger partial charge in [-0.05, 0) is 35.9 Å². The van der Waals surface area contributed by atoms with Gasteiger partial charge >= 0.3 is 0 Å². The van der Waals surface area contributed by atoms with Gasteiger partial charge in [0.15, 0.2) is 0 Å². The third kappa shape index (κ3) is 3.42. The van der Waals surface area contributed by atoms with Gasteiger partial charge < -0.3 is 15.0 Å². The van der Waals surface area contributed by atoms with E-state index in [1.54, 1.807) is 12.3 Å². The van der Waals surface area contributed by atoms with Crippen molar-refractivity contribution in [3.63, 3.8) is 0 Å². The van der Waals surface area contributed by atoms with Crippen molar-refractivity contribution >= 4 is 28.2 Å². The van der Waals surface area contributed by atoms with Crippen molar-refractivity contribution in [2.45, 2.75) is 6.42 Å². The smallest absolute Gasteiger partial charge is 0.296 e. The number of aromatic amines is 1. The first-order valence-corrected chi connectivity index (χ1v) is 7.35. The number of benzene rings is 2. The first-order valence-electron chi connectivity index (χ1n) is 7.35. The zero-order chi connectivity index (χ0) is 18.0. The fraction of sp³-hybridized carbons (Fsp3) is 0.118. The number of nitrogens with zero attached hydrogens (tertiary/aromatic N) is 1. The maximum absolute atomic E-state index is 13.2. The maximum atomic E-state index is 13.2. The molecule has 0 saturated carbocycles. The molecule has 1 heterocycles. The number of rotatable bonds is 5. The highest BCUT2D eigenvalue weighted by Crippen LogP contribution is 2.29. The summed E-state index contributed by atoms with van der Waals surface area (Å²) in [6.45, 7) is 0. The molecule has 8 heteroatoms. The van der Waals surface area contributed by atoms with E-state index in [1.807, 2.05) is 0 Å². The van der Waals surface area contributed by atoms with E-state index in [0.717, 1.165) is 5.39 Å². The van der Waals surface area contributed by atoms with Gasteiger partial charge in [0.25, 0.3) is 5.69 Å². The number of nitro benzene ring substituents is 1. The lowest BCUT2D eigenvalue weighted by Crippen LogP contribution is -2.15. The fourth-order valence-corrected chi connectivity index (χ4v) is 2.57. The molecule has 7 nitrogen and oxygen atoms in total. The topological polar surface area (TPSA) is 97.3 Å². The quantitative estimate of drug-likeness (QED) is 0.548. The Kier molecular flexibility index (Phi) is 4.34. The number of hydrogen-bond acceptors (Lipinski definition) is 4. The number of methoxy groups -OCH3 is 1. The second kappa shape index (κ2) is 6.60. The lowest BCUT2D eigenvalue weighted by Gasteiger charge is -2.07. The van der Waals surface area contributed by atoms with E-state index >= 15 is 0 Å². The summed E-state index contributed by atoms with van der Waals surface area (Å²) in [6.07, 6.45) is 1.61. The maximum Gasteiger partial charge on any atom is 0.296 e. The standard InChI is InChI=1S/C17H14FN3O4/c1-25-12-3-5-14(16(8-12)21(23)24)20-17(22)6-10-9-19-15-7-11(18)2-4-13(10)15/h2-5,7-9,19H,6H2,1H3,(H,20,22). The van der Waals surface area contributed by atoms with Gasteiger partial charge in [0.05, 0.1) is 24.5 Å². The van der Waals surface area contributed by atoms with E-state index in [0.29, 0.717) is 16.8 Å². The summed E-state index contributed by atoms with van der Waals surface area (Å²) in [4.78, 5) is 25.7. The molecule has 25 heavy (non-hydrogen) atoms. The molecule has 0 fully saturated rings. The molecule has 3 aromatic rings. The number of fused-ring (bicyclic) bond motifs is 1. The summed E-state index contributed by atoms with van der Waals surface area (Å²) >= 11 is 0. The largest absolute Gasteiger partial charge is 0.496 e. The van der Waals surface area contributed by atoms with E-state index in [9.17, 15) is 19.3 Å². The zero-order valence-corrected chi connectivity index (χ0v) is 13.2. The Morgan fingerprint density at radius 2 is 2.12 bits per heavy atom. The minimum absolute atomic E-state index is 0.00514. The monoisotopic (exact) mass is 343 g/mol. The summed E-state index contributed by atoms with van der Waals surface area (Å²) in [5.41, 5.74) is 1.08. The molecule has 0 aliphatic carbocycles. The highest BCUT2D eigenvalue weighted by atomic mass is 19.1. The molecule has 0 aliphatic heterocycles. The second-order valence-corrected chi connectivity index (χ2v) is 5.37. The number of nitro groups is 1. The van der Waals surface area contributed by atoms with E-state index in [4.69, 9.17) is 4.74 Å². The summed E-state index contributed by atoms with van der Waals surface area (Å²) in [6, 6.07) is 8.41. The van der Waals surface area contributed by atoms with Crippen LogP contribution in [0, 0.1) is 15.9 Å². The van der Waals surface area contributed by atoms with Crippen LogP contribution in [0.4, 0.5) is 15.8 Å². The first kappa shape index (κ1) is 16.4. The highest BCUT2D eigenvalue weighted by Gasteiger charge is 2.18. The Hall–Kier alpha value is -3.42. The van der Waals surface area contributed by atoms with Crippen LogP contribution in [0.1, 0.15) is 5.56 Å². The lowest BCUT2D eigenvalue weighted by atomic mass is 10.1. The third-order valence-corrected chi connectivity index (χ3v) is 3.76. The Morgan fingerprint density at radius 1 is 1.32 bits per heavy atom. The van der Waals surface area contributed by atoms with Crippen LogP contribution in [0.25, 0.3) is 10.9 Å². The molecule has 0 bridgehead atoms. The van der Waals surface area contributed by atoms with Crippen LogP contribution < -0.4 is 10.1 Å².